The fourth-order valence-corrected chi connectivity index (χ4v) is 5.18. The molecule has 2 fully saturated rings. The highest BCUT2D eigenvalue weighted by Gasteiger charge is 2.50. The Kier molecular flexibility index (Phi) is 5.24. The second kappa shape index (κ2) is 7.17. The summed E-state index contributed by atoms with van der Waals surface area (Å²) in [7, 11) is 0. The molecule has 0 aromatic heterocycles. The summed E-state index contributed by atoms with van der Waals surface area (Å²) in [5, 5.41) is 0. The van der Waals surface area contributed by atoms with Crippen molar-refractivity contribution in [3.63, 3.8) is 0 Å². The third kappa shape index (κ3) is 4.82. The second-order valence-electron chi connectivity index (χ2n) is 9.51. The number of fused-ring (bicyclic) bond motifs is 2. The molecule has 27 heavy (non-hydrogen) atoms. The van der Waals surface area contributed by atoms with Gasteiger partial charge in [0.25, 0.3) is 5.91 Å². The first-order chi connectivity index (χ1) is 12.6. The number of carbonyl (C=O) groups is 2. The summed E-state index contributed by atoms with van der Waals surface area (Å²) in [6, 6.07) is 6.05. The van der Waals surface area contributed by atoms with Crippen molar-refractivity contribution in [3.8, 4) is 5.75 Å². The normalized spacial score (nSPS) is 26.0. The van der Waals surface area contributed by atoms with Gasteiger partial charge in [0.1, 0.15) is 5.75 Å². The Morgan fingerprint density at radius 3 is 2.41 bits per heavy atom. The number of carbonyl (C=O) groups excluding carboxylic acids is 2. The average Bonchev–Trinajstić information content (AvgIpc) is 2.78. The van der Waals surface area contributed by atoms with Gasteiger partial charge in [-0.3, -0.25) is 4.79 Å². The van der Waals surface area contributed by atoms with Gasteiger partial charge in [-0.05, 0) is 67.2 Å². The van der Waals surface area contributed by atoms with Crippen molar-refractivity contribution in [2.24, 2.45) is 10.8 Å². The smallest absolute Gasteiger partial charge is 0.344 e. The first-order valence-corrected chi connectivity index (χ1v) is 9.72. The number of benzene rings is 1. The van der Waals surface area contributed by atoms with E-state index in [2.05, 4.69) is 20.8 Å². The molecule has 1 aliphatic carbocycles. The van der Waals surface area contributed by atoms with Crippen molar-refractivity contribution in [1.82, 2.24) is 4.90 Å². The standard InChI is InChI=1S/C22H31NO4/c1-15-6-16(2)8-18(7-15)26-12-20(25)27-11-19(24)23-14-22(5)10-17(23)9-21(3,4)13-22/h6-8,17H,9-14H2,1-5H3/t17-,22-/m1/s1. The third-order valence-corrected chi connectivity index (χ3v) is 5.64. The van der Waals surface area contributed by atoms with Gasteiger partial charge >= 0.3 is 5.97 Å². The van der Waals surface area contributed by atoms with Crippen molar-refractivity contribution in [3.05, 3.63) is 29.3 Å². The zero-order valence-corrected chi connectivity index (χ0v) is 17.1. The van der Waals surface area contributed by atoms with Crippen molar-refractivity contribution in [2.75, 3.05) is 19.8 Å². The molecule has 0 radical (unpaired) electrons. The van der Waals surface area contributed by atoms with Crippen LogP contribution in [-0.4, -0.2) is 42.6 Å². The van der Waals surface area contributed by atoms with Crippen LogP contribution in [0, 0.1) is 24.7 Å². The van der Waals surface area contributed by atoms with E-state index >= 15 is 0 Å². The van der Waals surface area contributed by atoms with Gasteiger partial charge in [0.05, 0.1) is 0 Å². The highest BCUT2D eigenvalue weighted by Crippen LogP contribution is 2.52. The first-order valence-electron chi connectivity index (χ1n) is 9.72. The lowest BCUT2D eigenvalue weighted by Gasteiger charge is -2.39. The number of hydrogen-bond donors (Lipinski definition) is 0. The molecule has 5 heteroatoms. The maximum atomic E-state index is 12.6. The zero-order chi connectivity index (χ0) is 19.8. The van der Waals surface area contributed by atoms with Crippen molar-refractivity contribution in [2.45, 2.75) is 59.9 Å². The van der Waals surface area contributed by atoms with Gasteiger partial charge in [0.2, 0.25) is 0 Å². The number of amides is 1. The van der Waals surface area contributed by atoms with Gasteiger partial charge in [-0.15, -0.1) is 0 Å². The number of hydrogen-bond acceptors (Lipinski definition) is 4. The van der Waals surface area contributed by atoms with Gasteiger partial charge < -0.3 is 14.4 Å². The lowest BCUT2D eigenvalue weighted by Crippen LogP contribution is -2.40. The Labute approximate surface area is 162 Å². The van der Waals surface area contributed by atoms with Crippen LogP contribution in [0.3, 0.4) is 0 Å². The Morgan fingerprint density at radius 2 is 1.74 bits per heavy atom. The predicted molar refractivity (Wildman–Crippen MR) is 104 cm³/mol. The van der Waals surface area contributed by atoms with Gasteiger partial charge in [0, 0.05) is 12.6 Å². The van der Waals surface area contributed by atoms with Gasteiger partial charge in [0.15, 0.2) is 13.2 Å². The molecule has 0 unspecified atom stereocenters. The molecule has 3 rings (SSSR count). The summed E-state index contributed by atoms with van der Waals surface area (Å²) in [4.78, 5) is 26.5. The van der Waals surface area contributed by atoms with Crippen molar-refractivity contribution >= 4 is 11.9 Å². The number of esters is 1. The molecule has 2 atom stereocenters. The maximum Gasteiger partial charge on any atom is 0.344 e. The fraction of sp³-hybridized carbons (Fsp3) is 0.636. The maximum absolute atomic E-state index is 12.6. The van der Waals surface area contributed by atoms with Crippen LogP contribution in [0.15, 0.2) is 18.2 Å². The first kappa shape index (κ1) is 19.7. The van der Waals surface area contributed by atoms with Crippen LogP contribution < -0.4 is 4.74 Å². The molecule has 0 N–H and O–H groups in total. The summed E-state index contributed by atoms with van der Waals surface area (Å²) >= 11 is 0. The fourth-order valence-electron chi connectivity index (χ4n) is 5.18. The summed E-state index contributed by atoms with van der Waals surface area (Å²) in [6.07, 6.45) is 3.19. The number of rotatable bonds is 5. The molecular weight excluding hydrogens is 342 g/mol. The molecule has 0 spiro atoms. The van der Waals surface area contributed by atoms with Crippen LogP contribution in [0.4, 0.5) is 0 Å². The van der Waals surface area contributed by atoms with Crippen molar-refractivity contribution in [1.29, 1.82) is 0 Å². The van der Waals surface area contributed by atoms with Crippen LogP contribution in [0.25, 0.3) is 0 Å². The van der Waals surface area contributed by atoms with E-state index in [0.717, 1.165) is 36.9 Å². The highest BCUT2D eigenvalue weighted by atomic mass is 16.6. The van der Waals surface area contributed by atoms with Gasteiger partial charge in [-0.2, -0.15) is 0 Å². The summed E-state index contributed by atoms with van der Waals surface area (Å²) < 4.78 is 10.7. The molecule has 1 aliphatic heterocycles. The molecule has 1 aromatic carbocycles. The van der Waals surface area contributed by atoms with E-state index in [0.29, 0.717) is 5.75 Å². The SMILES string of the molecule is Cc1cc(C)cc(OCC(=O)OCC(=O)N2C[C@]3(C)C[C@H]2CC(C)(C)C3)c1. The van der Waals surface area contributed by atoms with Crippen molar-refractivity contribution < 1.29 is 19.1 Å². The number of nitrogens with zero attached hydrogens (tertiary/aromatic N) is 1. The minimum absolute atomic E-state index is 0.0961. The van der Waals surface area contributed by atoms with E-state index in [9.17, 15) is 9.59 Å². The molecule has 1 amide bonds. The lowest BCUT2D eigenvalue weighted by atomic mass is 9.65. The number of ether oxygens (including phenoxy) is 2. The molecule has 148 valence electrons. The van der Waals surface area contributed by atoms with E-state index in [1.807, 2.05) is 36.9 Å². The largest absolute Gasteiger partial charge is 0.482 e. The molecule has 5 nitrogen and oxygen atoms in total. The van der Waals surface area contributed by atoms with Gasteiger partial charge in [-0.1, -0.05) is 26.8 Å². The molecule has 1 saturated carbocycles. The van der Waals surface area contributed by atoms with Gasteiger partial charge in [-0.25, -0.2) is 4.79 Å². The Hall–Kier alpha value is -2.04. The zero-order valence-electron chi connectivity index (χ0n) is 17.1. The molecule has 1 saturated heterocycles. The molecule has 2 bridgehead atoms. The second-order valence-corrected chi connectivity index (χ2v) is 9.51. The average molecular weight is 373 g/mol. The van der Waals surface area contributed by atoms with E-state index < -0.39 is 5.97 Å². The minimum atomic E-state index is -0.517. The van der Waals surface area contributed by atoms with Crippen LogP contribution >= 0.6 is 0 Å². The summed E-state index contributed by atoms with van der Waals surface area (Å²) in [6.45, 7) is 11.1. The quantitative estimate of drug-likeness (QED) is 0.739. The highest BCUT2D eigenvalue weighted by molar-refractivity contribution is 5.81. The van der Waals surface area contributed by atoms with E-state index in [1.165, 1.54) is 0 Å². The van der Waals surface area contributed by atoms with Crippen LogP contribution in [0.1, 0.15) is 51.2 Å². The topological polar surface area (TPSA) is 55.8 Å². The molecule has 2 aliphatic rings. The lowest BCUT2D eigenvalue weighted by molar-refractivity contribution is -0.154. The number of aryl methyl sites for hydroxylation is 2. The number of likely N-dealkylation sites (tertiary alicyclic amines) is 1. The Bertz CT molecular complexity index is 722. The molecular formula is C22H31NO4. The molecule has 1 heterocycles. The van der Waals surface area contributed by atoms with E-state index in [-0.39, 0.29) is 36.0 Å². The van der Waals surface area contributed by atoms with Crippen LogP contribution in [0.5, 0.6) is 5.75 Å². The monoisotopic (exact) mass is 373 g/mol. The Morgan fingerprint density at radius 1 is 1.07 bits per heavy atom. The minimum Gasteiger partial charge on any atom is -0.482 e. The van der Waals surface area contributed by atoms with E-state index in [4.69, 9.17) is 9.47 Å². The Balaban J connectivity index is 1.48. The third-order valence-electron chi connectivity index (χ3n) is 5.64. The van der Waals surface area contributed by atoms with E-state index in [1.54, 1.807) is 0 Å². The molecule has 1 aromatic rings. The summed E-state index contributed by atoms with van der Waals surface area (Å²) in [5.74, 6) is 0.0247. The van der Waals surface area contributed by atoms with Crippen LogP contribution in [-0.2, 0) is 14.3 Å². The predicted octanol–water partition coefficient (Wildman–Crippen LogP) is 3.65. The van der Waals surface area contributed by atoms with Crippen LogP contribution in [0.2, 0.25) is 0 Å². The summed E-state index contributed by atoms with van der Waals surface area (Å²) in [5.41, 5.74) is 2.58.